The summed E-state index contributed by atoms with van der Waals surface area (Å²) in [4.78, 5) is 15.5. The Balaban J connectivity index is 1.73. The number of rotatable bonds is 8. The molecule has 168 valence electrons. The van der Waals surface area contributed by atoms with Gasteiger partial charge in [0.2, 0.25) is 0 Å². The molecule has 1 saturated heterocycles. The van der Waals surface area contributed by atoms with Crippen LogP contribution in [0.15, 0.2) is 36.4 Å². The molecule has 31 heavy (non-hydrogen) atoms. The largest absolute Gasteiger partial charge is 0.496 e. The Hall–Kier alpha value is -2.73. The van der Waals surface area contributed by atoms with Crippen molar-refractivity contribution in [3.63, 3.8) is 0 Å². The molecule has 1 fully saturated rings. The zero-order valence-electron chi connectivity index (χ0n) is 19.2. The van der Waals surface area contributed by atoms with Crippen LogP contribution in [0.2, 0.25) is 0 Å². The number of nitrogens with one attached hydrogen (secondary N) is 1. The molecule has 1 aliphatic rings. The average Bonchev–Trinajstić information content (AvgIpc) is 2.76. The second-order valence-corrected chi connectivity index (χ2v) is 8.50. The summed E-state index contributed by atoms with van der Waals surface area (Å²) in [5, 5.41) is 3.04. The first kappa shape index (κ1) is 22.9. The fourth-order valence-electron chi connectivity index (χ4n) is 4.52. The van der Waals surface area contributed by atoms with Gasteiger partial charge in [-0.25, -0.2) is 0 Å². The topological polar surface area (TPSA) is 60.0 Å². The van der Waals surface area contributed by atoms with Gasteiger partial charge in [-0.15, -0.1) is 0 Å². The molecule has 0 spiro atoms. The third-order valence-electron chi connectivity index (χ3n) is 5.85. The second kappa shape index (κ2) is 10.5. The average molecular weight is 427 g/mol. The Morgan fingerprint density at radius 2 is 1.52 bits per heavy atom. The maximum Gasteiger partial charge on any atom is 0.255 e. The molecule has 1 heterocycles. The van der Waals surface area contributed by atoms with E-state index in [9.17, 15) is 4.79 Å². The van der Waals surface area contributed by atoms with E-state index in [1.165, 1.54) is 19.1 Å². The SMILES string of the molecule is COc1cc(OC)c(C(=O)NCc2ccccc2CN2CC(C)CC(C)C2)cc1OC. The van der Waals surface area contributed by atoms with Crippen molar-refractivity contribution in [1.82, 2.24) is 10.2 Å². The van der Waals surface area contributed by atoms with E-state index < -0.39 is 0 Å². The van der Waals surface area contributed by atoms with Crippen molar-refractivity contribution in [3.05, 3.63) is 53.1 Å². The maximum atomic E-state index is 13.0. The number of carbonyl (C=O) groups excluding carboxylic acids is 1. The minimum Gasteiger partial charge on any atom is -0.496 e. The molecule has 2 aromatic rings. The summed E-state index contributed by atoms with van der Waals surface area (Å²) in [6.45, 7) is 8.24. The molecule has 6 heteroatoms. The third kappa shape index (κ3) is 5.70. The minimum atomic E-state index is -0.215. The molecule has 0 aliphatic carbocycles. The number of ether oxygens (including phenoxy) is 3. The molecule has 0 bridgehead atoms. The fourth-order valence-corrected chi connectivity index (χ4v) is 4.52. The van der Waals surface area contributed by atoms with Crippen molar-refractivity contribution in [2.24, 2.45) is 11.8 Å². The summed E-state index contributed by atoms with van der Waals surface area (Å²) in [7, 11) is 4.64. The number of hydrogen-bond donors (Lipinski definition) is 1. The number of methoxy groups -OCH3 is 3. The summed E-state index contributed by atoms with van der Waals surface area (Å²) in [6, 6.07) is 11.6. The van der Waals surface area contributed by atoms with Crippen LogP contribution in [-0.2, 0) is 13.1 Å². The van der Waals surface area contributed by atoms with E-state index in [2.05, 4.69) is 42.3 Å². The quantitative estimate of drug-likeness (QED) is 0.688. The molecule has 2 atom stereocenters. The summed E-state index contributed by atoms with van der Waals surface area (Å²) in [6.07, 6.45) is 1.29. The van der Waals surface area contributed by atoms with Gasteiger partial charge in [-0.1, -0.05) is 38.1 Å². The van der Waals surface area contributed by atoms with Crippen LogP contribution in [0, 0.1) is 11.8 Å². The molecule has 2 unspecified atom stereocenters. The van der Waals surface area contributed by atoms with E-state index in [0.717, 1.165) is 25.2 Å². The lowest BCUT2D eigenvalue weighted by atomic mass is 9.91. The lowest BCUT2D eigenvalue weighted by Crippen LogP contribution is -2.38. The van der Waals surface area contributed by atoms with Crippen LogP contribution in [0.5, 0.6) is 17.2 Å². The van der Waals surface area contributed by atoms with E-state index in [1.54, 1.807) is 26.4 Å². The van der Waals surface area contributed by atoms with E-state index in [-0.39, 0.29) is 5.91 Å². The number of benzene rings is 2. The first-order valence-corrected chi connectivity index (χ1v) is 10.8. The van der Waals surface area contributed by atoms with Gasteiger partial charge >= 0.3 is 0 Å². The number of piperidine rings is 1. The Morgan fingerprint density at radius 3 is 2.13 bits per heavy atom. The van der Waals surface area contributed by atoms with Crippen molar-refractivity contribution >= 4 is 5.91 Å². The molecule has 6 nitrogen and oxygen atoms in total. The van der Waals surface area contributed by atoms with Crippen molar-refractivity contribution in [1.29, 1.82) is 0 Å². The van der Waals surface area contributed by atoms with Gasteiger partial charge in [0, 0.05) is 38.3 Å². The van der Waals surface area contributed by atoms with E-state index in [0.29, 0.717) is 41.2 Å². The standard InChI is InChI=1S/C25H34N2O4/c1-17-10-18(2)15-27(14-17)16-20-9-7-6-8-19(20)13-26-25(28)21-11-23(30-4)24(31-5)12-22(21)29-3/h6-9,11-12,17-18H,10,13-16H2,1-5H3,(H,26,28). The van der Waals surface area contributed by atoms with Gasteiger partial charge in [-0.3, -0.25) is 9.69 Å². The van der Waals surface area contributed by atoms with Gasteiger partial charge in [0.25, 0.3) is 5.91 Å². The van der Waals surface area contributed by atoms with Crippen LogP contribution < -0.4 is 19.5 Å². The minimum absolute atomic E-state index is 0.215. The van der Waals surface area contributed by atoms with Gasteiger partial charge in [-0.05, 0) is 29.4 Å². The van der Waals surface area contributed by atoms with Gasteiger partial charge < -0.3 is 19.5 Å². The Labute approximate surface area is 185 Å². The summed E-state index contributed by atoms with van der Waals surface area (Å²) >= 11 is 0. The molecule has 0 aromatic heterocycles. The molecule has 2 aromatic carbocycles. The van der Waals surface area contributed by atoms with Crippen molar-refractivity contribution < 1.29 is 19.0 Å². The number of hydrogen-bond acceptors (Lipinski definition) is 5. The number of nitrogens with zero attached hydrogens (tertiary/aromatic N) is 1. The van der Waals surface area contributed by atoms with Gasteiger partial charge in [0.15, 0.2) is 11.5 Å². The first-order chi connectivity index (χ1) is 14.9. The van der Waals surface area contributed by atoms with Gasteiger partial charge in [-0.2, -0.15) is 0 Å². The van der Waals surface area contributed by atoms with Crippen LogP contribution in [0.3, 0.4) is 0 Å². The van der Waals surface area contributed by atoms with E-state index in [4.69, 9.17) is 14.2 Å². The molecule has 1 amide bonds. The summed E-state index contributed by atoms with van der Waals surface area (Å²) in [5.74, 6) is 2.67. The Kier molecular flexibility index (Phi) is 7.80. The van der Waals surface area contributed by atoms with Crippen LogP contribution in [0.25, 0.3) is 0 Å². The Morgan fingerprint density at radius 1 is 0.935 bits per heavy atom. The monoisotopic (exact) mass is 426 g/mol. The summed E-state index contributed by atoms with van der Waals surface area (Å²) < 4.78 is 16.1. The molecule has 3 rings (SSSR count). The van der Waals surface area contributed by atoms with Gasteiger partial charge in [0.1, 0.15) is 5.75 Å². The second-order valence-electron chi connectivity index (χ2n) is 8.50. The van der Waals surface area contributed by atoms with Crippen molar-refractivity contribution in [2.75, 3.05) is 34.4 Å². The van der Waals surface area contributed by atoms with E-state index >= 15 is 0 Å². The molecule has 0 radical (unpaired) electrons. The Bertz CT molecular complexity index is 889. The normalized spacial score (nSPS) is 19.0. The predicted octanol–water partition coefficient (Wildman–Crippen LogP) is 4.12. The fraction of sp³-hybridized carbons (Fsp3) is 0.480. The lowest BCUT2D eigenvalue weighted by Gasteiger charge is -2.35. The molecular formula is C25H34N2O4. The van der Waals surface area contributed by atoms with Crippen molar-refractivity contribution in [2.45, 2.75) is 33.4 Å². The highest BCUT2D eigenvalue weighted by Gasteiger charge is 2.22. The van der Waals surface area contributed by atoms with Crippen molar-refractivity contribution in [3.8, 4) is 17.2 Å². The summed E-state index contributed by atoms with van der Waals surface area (Å²) in [5.41, 5.74) is 2.79. The highest BCUT2D eigenvalue weighted by Crippen LogP contribution is 2.34. The van der Waals surface area contributed by atoms with Crippen LogP contribution in [0.4, 0.5) is 0 Å². The molecule has 1 aliphatic heterocycles. The smallest absolute Gasteiger partial charge is 0.255 e. The zero-order chi connectivity index (χ0) is 22.4. The third-order valence-corrected chi connectivity index (χ3v) is 5.85. The lowest BCUT2D eigenvalue weighted by molar-refractivity contribution is 0.0947. The predicted molar refractivity (Wildman–Crippen MR) is 122 cm³/mol. The zero-order valence-corrected chi connectivity index (χ0v) is 19.2. The van der Waals surface area contributed by atoms with Crippen LogP contribution in [-0.4, -0.2) is 45.2 Å². The molecule has 1 N–H and O–H groups in total. The molecule has 0 saturated carbocycles. The molecular weight excluding hydrogens is 392 g/mol. The highest BCUT2D eigenvalue weighted by atomic mass is 16.5. The van der Waals surface area contributed by atoms with Crippen LogP contribution >= 0.6 is 0 Å². The number of carbonyl (C=O) groups is 1. The number of likely N-dealkylation sites (tertiary alicyclic amines) is 1. The van der Waals surface area contributed by atoms with E-state index in [1.807, 2.05) is 6.07 Å². The number of amides is 1. The maximum absolute atomic E-state index is 13.0. The first-order valence-electron chi connectivity index (χ1n) is 10.8. The highest BCUT2D eigenvalue weighted by molar-refractivity contribution is 5.97. The van der Waals surface area contributed by atoms with Crippen LogP contribution in [0.1, 0.15) is 41.8 Å². The van der Waals surface area contributed by atoms with Gasteiger partial charge in [0.05, 0.1) is 26.9 Å².